The first-order valence-electron chi connectivity index (χ1n) is 5.61. The van der Waals surface area contributed by atoms with E-state index < -0.39 is 16.0 Å². The SMILES string of the molecule is O=C(O)c1ccc(NS(=O)(=O)c2ccc(Cl)c(Br)c2)cc1. The summed E-state index contributed by atoms with van der Waals surface area (Å²) in [5, 5.41) is 9.19. The Morgan fingerprint density at radius 2 is 1.76 bits per heavy atom. The lowest BCUT2D eigenvalue weighted by atomic mass is 10.2. The first-order chi connectivity index (χ1) is 9.79. The second-order valence-corrected chi connectivity index (χ2v) is 7.01. The molecule has 0 unspecified atom stereocenters. The molecule has 0 heterocycles. The number of rotatable bonds is 4. The predicted molar refractivity (Wildman–Crippen MR) is 83.4 cm³/mol. The molecule has 2 aromatic rings. The molecule has 0 atom stereocenters. The van der Waals surface area contributed by atoms with Crippen molar-refractivity contribution in [3.8, 4) is 0 Å². The quantitative estimate of drug-likeness (QED) is 0.835. The van der Waals surface area contributed by atoms with Crippen LogP contribution >= 0.6 is 27.5 Å². The maximum Gasteiger partial charge on any atom is 0.335 e. The van der Waals surface area contributed by atoms with E-state index in [2.05, 4.69) is 20.7 Å². The Morgan fingerprint density at radius 1 is 1.14 bits per heavy atom. The van der Waals surface area contributed by atoms with Gasteiger partial charge in [-0.3, -0.25) is 4.72 Å². The summed E-state index contributed by atoms with van der Waals surface area (Å²) in [6, 6.07) is 9.62. The van der Waals surface area contributed by atoms with E-state index in [0.717, 1.165) is 0 Å². The van der Waals surface area contributed by atoms with Crippen LogP contribution < -0.4 is 4.72 Å². The standard InChI is InChI=1S/C13H9BrClNO4S/c14-11-7-10(5-6-12(11)15)21(19,20)16-9-3-1-8(2-4-9)13(17)18/h1-7,16H,(H,17,18). The van der Waals surface area contributed by atoms with E-state index in [0.29, 0.717) is 9.50 Å². The van der Waals surface area contributed by atoms with Gasteiger partial charge in [0.25, 0.3) is 10.0 Å². The molecule has 0 aromatic heterocycles. The van der Waals surface area contributed by atoms with Crippen molar-refractivity contribution in [2.45, 2.75) is 4.90 Å². The zero-order valence-electron chi connectivity index (χ0n) is 10.4. The van der Waals surface area contributed by atoms with Crippen LogP contribution in [0.3, 0.4) is 0 Å². The van der Waals surface area contributed by atoms with Gasteiger partial charge in [0.15, 0.2) is 0 Å². The molecule has 0 aliphatic rings. The van der Waals surface area contributed by atoms with Crippen LogP contribution in [0.1, 0.15) is 10.4 Å². The van der Waals surface area contributed by atoms with Gasteiger partial charge in [-0.1, -0.05) is 11.6 Å². The number of hydrogen-bond acceptors (Lipinski definition) is 3. The van der Waals surface area contributed by atoms with Crippen molar-refractivity contribution in [3.63, 3.8) is 0 Å². The first kappa shape index (κ1) is 15.8. The minimum Gasteiger partial charge on any atom is -0.478 e. The van der Waals surface area contributed by atoms with E-state index in [1.165, 1.54) is 42.5 Å². The Kier molecular flexibility index (Phi) is 4.55. The van der Waals surface area contributed by atoms with Gasteiger partial charge in [0.05, 0.1) is 15.5 Å². The zero-order chi connectivity index (χ0) is 15.6. The molecule has 110 valence electrons. The number of hydrogen-bond donors (Lipinski definition) is 2. The van der Waals surface area contributed by atoms with E-state index in [-0.39, 0.29) is 16.1 Å². The average Bonchev–Trinajstić information content (AvgIpc) is 2.42. The third-order valence-corrected chi connectivity index (χ3v) is 5.18. The maximum absolute atomic E-state index is 12.2. The van der Waals surface area contributed by atoms with Crippen LogP contribution in [0.25, 0.3) is 0 Å². The summed E-state index contributed by atoms with van der Waals surface area (Å²) in [6.07, 6.45) is 0. The van der Waals surface area contributed by atoms with E-state index in [1.807, 2.05) is 0 Å². The number of sulfonamides is 1. The topological polar surface area (TPSA) is 83.5 Å². The van der Waals surface area contributed by atoms with Gasteiger partial charge in [0.2, 0.25) is 0 Å². The van der Waals surface area contributed by atoms with E-state index in [9.17, 15) is 13.2 Å². The van der Waals surface area contributed by atoms with Crippen molar-refractivity contribution in [1.82, 2.24) is 0 Å². The third-order valence-electron chi connectivity index (χ3n) is 2.59. The minimum atomic E-state index is -3.77. The zero-order valence-corrected chi connectivity index (χ0v) is 13.5. The normalized spacial score (nSPS) is 11.1. The third kappa shape index (κ3) is 3.75. The number of carboxylic acids is 1. The largest absolute Gasteiger partial charge is 0.478 e. The van der Waals surface area contributed by atoms with Gasteiger partial charge < -0.3 is 5.11 Å². The van der Waals surface area contributed by atoms with Crippen molar-refractivity contribution < 1.29 is 18.3 Å². The first-order valence-corrected chi connectivity index (χ1v) is 8.26. The van der Waals surface area contributed by atoms with Gasteiger partial charge in [-0.15, -0.1) is 0 Å². The number of benzene rings is 2. The lowest BCUT2D eigenvalue weighted by molar-refractivity contribution is 0.0697. The minimum absolute atomic E-state index is 0.0427. The second kappa shape index (κ2) is 6.05. The van der Waals surface area contributed by atoms with Gasteiger partial charge in [-0.2, -0.15) is 0 Å². The Balaban J connectivity index is 2.28. The van der Waals surface area contributed by atoms with Crippen LogP contribution in [-0.4, -0.2) is 19.5 Å². The molecular weight excluding hydrogens is 382 g/mol. The number of anilines is 1. The van der Waals surface area contributed by atoms with Crippen molar-refractivity contribution >= 4 is 49.2 Å². The molecule has 2 N–H and O–H groups in total. The summed E-state index contributed by atoms with van der Waals surface area (Å²) >= 11 is 8.98. The number of halogens is 2. The highest BCUT2D eigenvalue weighted by Crippen LogP contribution is 2.26. The highest BCUT2D eigenvalue weighted by molar-refractivity contribution is 9.10. The monoisotopic (exact) mass is 389 g/mol. The van der Waals surface area contributed by atoms with Gasteiger partial charge in [0, 0.05) is 10.2 Å². The molecule has 0 bridgehead atoms. The van der Waals surface area contributed by atoms with Crippen LogP contribution in [0.15, 0.2) is 51.8 Å². The van der Waals surface area contributed by atoms with Crippen LogP contribution in [0.5, 0.6) is 0 Å². The van der Waals surface area contributed by atoms with E-state index >= 15 is 0 Å². The summed E-state index contributed by atoms with van der Waals surface area (Å²) < 4.78 is 27.2. The molecule has 0 aliphatic heterocycles. The molecule has 21 heavy (non-hydrogen) atoms. The number of aromatic carboxylic acids is 1. The highest BCUT2D eigenvalue weighted by atomic mass is 79.9. The highest BCUT2D eigenvalue weighted by Gasteiger charge is 2.15. The van der Waals surface area contributed by atoms with Gasteiger partial charge in [-0.05, 0) is 58.4 Å². The van der Waals surface area contributed by atoms with E-state index in [4.69, 9.17) is 16.7 Å². The van der Waals surface area contributed by atoms with Crippen molar-refractivity contribution in [1.29, 1.82) is 0 Å². The molecule has 0 spiro atoms. The van der Waals surface area contributed by atoms with E-state index in [1.54, 1.807) is 0 Å². The number of nitrogens with one attached hydrogen (secondary N) is 1. The van der Waals surface area contributed by atoms with Crippen LogP contribution in [0.4, 0.5) is 5.69 Å². The molecule has 2 aromatic carbocycles. The fourth-order valence-corrected chi connectivity index (χ4v) is 3.27. The van der Waals surface area contributed by atoms with Gasteiger partial charge in [0.1, 0.15) is 0 Å². The Morgan fingerprint density at radius 3 is 2.29 bits per heavy atom. The van der Waals surface area contributed by atoms with Crippen LogP contribution in [-0.2, 0) is 10.0 Å². The lowest BCUT2D eigenvalue weighted by Crippen LogP contribution is -2.13. The number of carboxylic acid groups (broad SMARTS) is 1. The fourth-order valence-electron chi connectivity index (χ4n) is 1.54. The molecule has 0 radical (unpaired) electrons. The maximum atomic E-state index is 12.2. The van der Waals surface area contributed by atoms with Crippen LogP contribution in [0.2, 0.25) is 5.02 Å². The van der Waals surface area contributed by atoms with Gasteiger partial charge >= 0.3 is 5.97 Å². The fraction of sp³-hybridized carbons (Fsp3) is 0. The molecule has 0 aliphatic carbocycles. The molecule has 0 saturated carbocycles. The smallest absolute Gasteiger partial charge is 0.335 e. The van der Waals surface area contributed by atoms with Gasteiger partial charge in [-0.25, -0.2) is 13.2 Å². The summed E-state index contributed by atoms with van der Waals surface area (Å²) in [5.74, 6) is -1.08. The molecular formula is C13H9BrClNO4S. The van der Waals surface area contributed by atoms with Crippen LogP contribution in [0, 0.1) is 0 Å². The second-order valence-electron chi connectivity index (χ2n) is 4.06. The summed E-state index contributed by atoms with van der Waals surface area (Å²) in [5.41, 5.74) is 0.346. The molecule has 0 saturated heterocycles. The molecule has 0 fully saturated rings. The molecule has 2 rings (SSSR count). The summed E-state index contributed by atoms with van der Waals surface area (Å²) in [6.45, 7) is 0. The van der Waals surface area contributed by atoms with Crippen molar-refractivity contribution in [2.75, 3.05) is 4.72 Å². The summed E-state index contributed by atoms with van der Waals surface area (Å²) in [7, 11) is -3.77. The lowest BCUT2D eigenvalue weighted by Gasteiger charge is -2.09. The Bertz CT molecular complexity index is 790. The van der Waals surface area contributed by atoms with Crippen molar-refractivity contribution in [3.05, 3.63) is 57.5 Å². The van der Waals surface area contributed by atoms with Crippen molar-refractivity contribution in [2.24, 2.45) is 0 Å². The Hall–Kier alpha value is -1.57. The molecule has 0 amide bonds. The Labute approximate surface area is 134 Å². The molecule has 5 nitrogen and oxygen atoms in total. The number of carbonyl (C=O) groups is 1. The summed E-state index contributed by atoms with van der Waals surface area (Å²) in [4.78, 5) is 10.8. The predicted octanol–water partition coefficient (Wildman–Crippen LogP) is 3.60. The molecule has 8 heteroatoms. The average molecular weight is 391 g/mol.